The van der Waals surface area contributed by atoms with E-state index < -0.39 is 22.0 Å². The van der Waals surface area contributed by atoms with E-state index in [1.807, 2.05) is 60.7 Å². The van der Waals surface area contributed by atoms with Gasteiger partial charge in [0.2, 0.25) is 15.9 Å². The van der Waals surface area contributed by atoms with Crippen molar-refractivity contribution >= 4 is 27.9 Å². The van der Waals surface area contributed by atoms with E-state index in [0.29, 0.717) is 6.42 Å². The third-order valence-corrected chi connectivity index (χ3v) is 7.34. The SMILES string of the molecule is O=C(NC(Cc1ccccc1)C(=O)N1CCN(S(=O)(=O)/C=C/c2ccccc2)CC1)c1ccco1. The van der Waals surface area contributed by atoms with E-state index in [0.717, 1.165) is 11.1 Å². The molecule has 8 nitrogen and oxygen atoms in total. The molecule has 9 heteroatoms. The molecule has 0 saturated carbocycles. The summed E-state index contributed by atoms with van der Waals surface area (Å²) in [6.07, 6.45) is 3.27. The molecule has 1 aliphatic heterocycles. The first-order valence-corrected chi connectivity index (χ1v) is 12.8. The highest BCUT2D eigenvalue weighted by molar-refractivity contribution is 7.92. The van der Waals surface area contributed by atoms with Gasteiger partial charge < -0.3 is 14.6 Å². The van der Waals surface area contributed by atoms with Crippen LogP contribution in [-0.2, 0) is 21.2 Å². The number of furan rings is 1. The molecule has 1 aromatic heterocycles. The van der Waals surface area contributed by atoms with Crippen molar-refractivity contribution in [3.05, 3.63) is 101 Å². The topological polar surface area (TPSA) is 99.9 Å². The lowest BCUT2D eigenvalue weighted by Crippen LogP contribution is -2.56. The third kappa shape index (κ3) is 6.46. The van der Waals surface area contributed by atoms with Gasteiger partial charge in [-0.1, -0.05) is 60.7 Å². The number of hydrogen-bond acceptors (Lipinski definition) is 5. The Kier molecular flexibility index (Phi) is 7.79. The van der Waals surface area contributed by atoms with E-state index in [1.165, 1.54) is 22.0 Å². The summed E-state index contributed by atoms with van der Waals surface area (Å²) in [5.74, 6) is -0.612. The monoisotopic (exact) mass is 493 g/mol. The van der Waals surface area contributed by atoms with Crippen LogP contribution in [0.25, 0.3) is 6.08 Å². The van der Waals surface area contributed by atoms with Crippen molar-refractivity contribution in [2.75, 3.05) is 26.2 Å². The Bertz CT molecular complexity index is 1250. The van der Waals surface area contributed by atoms with Crippen LogP contribution in [0.1, 0.15) is 21.7 Å². The quantitative estimate of drug-likeness (QED) is 0.520. The van der Waals surface area contributed by atoms with Gasteiger partial charge in [0.1, 0.15) is 6.04 Å². The Labute approximate surface area is 204 Å². The Morgan fingerprint density at radius 1 is 0.914 bits per heavy atom. The van der Waals surface area contributed by atoms with Crippen LogP contribution in [0.5, 0.6) is 0 Å². The first-order chi connectivity index (χ1) is 16.9. The highest BCUT2D eigenvalue weighted by Crippen LogP contribution is 2.14. The van der Waals surface area contributed by atoms with Gasteiger partial charge in [-0.3, -0.25) is 9.59 Å². The smallest absolute Gasteiger partial charge is 0.287 e. The van der Waals surface area contributed by atoms with Crippen LogP contribution in [0.4, 0.5) is 0 Å². The summed E-state index contributed by atoms with van der Waals surface area (Å²) in [7, 11) is -3.62. The minimum Gasteiger partial charge on any atom is -0.459 e. The van der Waals surface area contributed by atoms with Gasteiger partial charge in [-0.05, 0) is 29.3 Å². The van der Waals surface area contributed by atoms with Crippen molar-refractivity contribution in [1.29, 1.82) is 0 Å². The van der Waals surface area contributed by atoms with Gasteiger partial charge in [-0.15, -0.1) is 0 Å². The zero-order valence-corrected chi connectivity index (χ0v) is 19.9. The van der Waals surface area contributed by atoms with Crippen molar-refractivity contribution in [1.82, 2.24) is 14.5 Å². The maximum atomic E-state index is 13.4. The molecule has 35 heavy (non-hydrogen) atoms. The van der Waals surface area contributed by atoms with Gasteiger partial charge in [0.25, 0.3) is 5.91 Å². The van der Waals surface area contributed by atoms with Crippen LogP contribution in [0, 0.1) is 0 Å². The van der Waals surface area contributed by atoms with Crippen molar-refractivity contribution in [2.24, 2.45) is 0 Å². The number of rotatable bonds is 8. The Hall–Kier alpha value is -3.69. The normalized spacial score (nSPS) is 15.7. The van der Waals surface area contributed by atoms with E-state index in [-0.39, 0.29) is 37.8 Å². The number of carbonyl (C=O) groups is 2. The molecule has 0 radical (unpaired) electrons. The molecule has 182 valence electrons. The highest BCUT2D eigenvalue weighted by atomic mass is 32.2. The molecule has 1 N–H and O–H groups in total. The summed E-state index contributed by atoms with van der Waals surface area (Å²) in [4.78, 5) is 27.6. The van der Waals surface area contributed by atoms with E-state index in [9.17, 15) is 18.0 Å². The summed E-state index contributed by atoms with van der Waals surface area (Å²) >= 11 is 0. The first kappa shape index (κ1) is 24.4. The summed E-state index contributed by atoms with van der Waals surface area (Å²) in [5.41, 5.74) is 1.69. The molecule has 1 unspecified atom stereocenters. The lowest BCUT2D eigenvalue weighted by Gasteiger charge is -2.35. The van der Waals surface area contributed by atoms with Crippen LogP contribution in [0.3, 0.4) is 0 Å². The lowest BCUT2D eigenvalue weighted by molar-refractivity contribution is -0.134. The number of nitrogens with zero attached hydrogens (tertiary/aromatic N) is 2. The minimum absolute atomic E-state index is 0.122. The zero-order chi connectivity index (χ0) is 24.7. The number of amides is 2. The number of benzene rings is 2. The fourth-order valence-corrected chi connectivity index (χ4v) is 5.06. The number of carbonyl (C=O) groups excluding carboxylic acids is 2. The molecule has 2 aromatic carbocycles. The fraction of sp³-hybridized carbons (Fsp3) is 0.231. The summed E-state index contributed by atoms with van der Waals surface area (Å²) in [6, 6.07) is 20.9. The molecule has 4 rings (SSSR count). The minimum atomic E-state index is -3.62. The van der Waals surface area contributed by atoms with E-state index in [2.05, 4.69) is 5.32 Å². The third-order valence-electron chi connectivity index (χ3n) is 5.77. The molecule has 0 bridgehead atoms. The zero-order valence-electron chi connectivity index (χ0n) is 19.1. The molecule has 3 aromatic rings. The van der Waals surface area contributed by atoms with Crippen molar-refractivity contribution < 1.29 is 22.4 Å². The van der Waals surface area contributed by atoms with E-state index >= 15 is 0 Å². The van der Waals surface area contributed by atoms with E-state index in [1.54, 1.807) is 17.0 Å². The van der Waals surface area contributed by atoms with Crippen LogP contribution < -0.4 is 5.32 Å². The molecular weight excluding hydrogens is 466 g/mol. The Balaban J connectivity index is 1.41. The average molecular weight is 494 g/mol. The number of sulfonamides is 1. The summed E-state index contributed by atoms with van der Waals surface area (Å²) in [6.45, 7) is 0.826. The van der Waals surface area contributed by atoms with Crippen molar-refractivity contribution in [2.45, 2.75) is 12.5 Å². The van der Waals surface area contributed by atoms with Crippen LogP contribution >= 0.6 is 0 Å². The molecule has 1 saturated heterocycles. The van der Waals surface area contributed by atoms with Gasteiger partial charge in [0, 0.05) is 38.0 Å². The maximum absolute atomic E-state index is 13.4. The van der Waals surface area contributed by atoms with Gasteiger partial charge in [0.05, 0.1) is 6.26 Å². The lowest BCUT2D eigenvalue weighted by atomic mass is 10.0. The average Bonchev–Trinajstić information content (AvgIpc) is 3.43. The summed E-state index contributed by atoms with van der Waals surface area (Å²) < 4.78 is 32.0. The van der Waals surface area contributed by atoms with Crippen molar-refractivity contribution in [3.63, 3.8) is 0 Å². The second-order valence-corrected chi connectivity index (χ2v) is 9.99. The number of hydrogen-bond donors (Lipinski definition) is 1. The molecule has 1 atom stereocenters. The Morgan fingerprint density at radius 3 is 2.20 bits per heavy atom. The van der Waals surface area contributed by atoms with Crippen LogP contribution in [0.2, 0.25) is 0 Å². The number of nitrogens with one attached hydrogen (secondary N) is 1. The fourth-order valence-electron chi connectivity index (χ4n) is 3.89. The molecule has 2 amide bonds. The molecule has 2 heterocycles. The second kappa shape index (κ2) is 11.2. The number of piperazine rings is 1. The van der Waals surface area contributed by atoms with Crippen LogP contribution in [-0.4, -0.2) is 61.7 Å². The highest BCUT2D eigenvalue weighted by Gasteiger charge is 2.32. The molecule has 0 aliphatic carbocycles. The maximum Gasteiger partial charge on any atom is 0.287 e. The predicted octanol–water partition coefficient (Wildman–Crippen LogP) is 2.77. The van der Waals surface area contributed by atoms with Gasteiger partial charge >= 0.3 is 0 Å². The molecule has 0 spiro atoms. The largest absolute Gasteiger partial charge is 0.459 e. The van der Waals surface area contributed by atoms with Gasteiger partial charge in [-0.2, -0.15) is 4.31 Å². The van der Waals surface area contributed by atoms with E-state index in [4.69, 9.17) is 4.42 Å². The predicted molar refractivity (Wildman–Crippen MR) is 133 cm³/mol. The van der Waals surface area contributed by atoms with Crippen molar-refractivity contribution in [3.8, 4) is 0 Å². The first-order valence-electron chi connectivity index (χ1n) is 11.3. The second-order valence-electron chi connectivity index (χ2n) is 8.18. The standard InChI is InChI=1S/C26H27N3O5S/c30-25(24-12-7-18-34-24)27-23(20-22-10-5-2-6-11-22)26(31)28-14-16-29(17-15-28)35(32,33)19-13-21-8-3-1-4-9-21/h1-13,18-19,23H,14-17,20H2,(H,27,30)/b19-13+. The van der Waals surface area contributed by atoms with Gasteiger partial charge in [-0.25, -0.2) is 8.42 Å². The molecule has 1 fully saturated rings. The van der Waals surface area contributed by atoms with Crippen LogP contribution in [0.15, 0.2) is 88.9 Å². The molecular formula is C26H27N3O5S. The summed E-state index contributed by atoms with van der Waals surface area (Å²) in [5, 5.41) is 3.97. The Morgan fingerprint density at radius 2 is 1.57 bits per heavy atom. The van der Waals surface area contributed by atoms with Gasteiger partial charge in [0.15, 0.2) is 5.76 Å². The molecule has 1 aliphatic rings.